The van der Waals surface area contributed by atoms with Crippen LogP contribution in [0.15, 0.2) is 6.20 Å². The molecule has 2 heterocycles. The Labute approximate surface area is 105 Å². The van der Waals surface area contributed by atoms with Crippen LogP contribution >= 0.6 is 0 Å². The molecule has 1 aromatic heterocycles. The van der Waals surface area contributed by atoms with Gasteiger partial charge in [0.1, 0.15) is 0 Å². The summed E-state index contributed by atoms with van der Waals surface area (Å²) in [5.74, 6) is -0.212. The molecule has 1 saturated heterocycles. The van der Waals surface area contributed by atoms with Gasteiger partial charge in [0, 0.05) is 19.4 Å². The number of imide groups is 1. The minimum Gasteiger partial charge on any atom is -0.323 e. The van der Waals surface area contributed by atoms with Gasteiger partial charge in [0.25, 0.3) is 0 Å². The summed E-state index contributed by atoms with van der Waals surface area (Å²) in [5, 5.41) is 7.90. The van der Waals surface area contributed by atoms with Crippen LogP contribution in [0.3, 0.4) is 0 Å². The fraction of sp³-hybridized carbons (Fsp3) is 0.636. The first-order chi connectivity index (χ1) is 8.61. The highest BCUT2D eigenvalue weighted by Gasteiger charge is 2.28. The van der Waals surface area contributed by atoms with Gasteiger partial charge in [-0.05, 0) is 6.42 Å². The Hall–Kier alpha value is -1.76. The summed E-state index contributed by atoms with van der Waals surface area (Å²) in [6.45, 7) is 2.79. The summed E-state index contributed by atoms with van der Waals surface area (Å²) in [5.41, 5.74) is 6.57. The number of amides is 2. The van der Waals surface area contributed by atoms with E-state index in [-0.39, 0.29) is 17.9 Å². The molecule has 1 unspecified atom stereocenters. The predicted molar refractivity (Wildman–Crippen MR) is 63.2 cm³/mol. The molecule has 2 N–H and O–H groups in total. The monoisotopic (exact) mass is 251 g/mol. The molecule has 0 saturated carbocycles. The molecule has 1 aliphatic rings. The normalized spacial score (nSPS) is 17.6. The number of aromatic nitrogens is 3. The minimum absolute atomic E-state index is 0.106. The molecule has 98 valence electrons. The summed E-state index contributed by atoms with van der Waals surface area (Å²) in [6, 6.07) is -0.117. The molecule has 2 amide bonds. The number of hydrogen-bond donors (Lipinski definition) is 1. The first-order valence-electron chi connectivity index (χ1n) is 6.10. The van der Waals surface area contributed by atoms with Crippen LogP contribution in [0.1, 0.15) is 37.9 Å². The lowest BCUT2D eigenvalue weighted by atomic mass is 10.2. The quantitative estimate of drug-likeness (QED) is 0.734. The van der Waals surface area contributed by atoms with Crippen LogP contribution < -0.4 is 5.73 Å². The highest BCUT2D eigenvalue weighted by molar-refractivity contribution is 6.01. The average molecular weight is 251 g/mol. The average Bonchev–Trinajstić information content (AvgIpc) is 2.95. The van der Waals surface area contributed by atoms with Crippen LogP contribution in [0.2, 0.25) is 0 Å². The van der Waals surface area contributed by atoms with E-state index in [1.807, 2.05) is 6.92 Å². The van der Waals surface area contributed by atoms with E-state index < -0.39 is 0 Å². The first kappa shape index (κ1) is 12.7. The standard InChI is InChI=1S/C11H17N5O2/c1-2-8(12)9-7-15(14-13-9)5-6-16-10(17)3-4-11(16)18/h7-8H,2-6,12H2,1H3. The summed E-state index contributed by atoms with van der Waals surface area (Å²) < 4.78 is 1.61. The lowest BCUT2D eigenvalue weighted by molar-refractivity contribution is -0.138. The zero-order chi connectivity index (χ0) is 13.1. The zero-order valence-corrected chi connectivity index (χ0v) is 10.4. The Bertz CT molecular complexity index is 440. The first-order valence-corrected chi connectivity index (χ1v) is 6.10. The maximum atomic E-state index is 11.4. The van der Waals surface area contributed by atoms with Crippen molar-refractivity contribution >= 4 is 11.8 Å². The minimum atomic E-state index is -0.117. The fourth-order valence-electron chi connectivity index (χ4n) is 1.88. The molecule has 0 spiro atoms. The van der Waals surface area contributed by atoms with Crippen LogP contribution in [0.4, 0.5) is 0 Å². The number of rotatable bonds is 5. The second-order valence-corrected chi connectivity index (χ2v) is 4.36. The van der Waals surface area contributed by atoms with E-state index >= 15 is 0 Å². The molecule has 18 heavy (non-hydrogen) atoms. The van der Waals surface area contributed by atoms with Crippen LogP contribution in [0.25, 0.3) is 0 Å². The Kier molecular flexibility index (Phi) is 3.71. The predicted octanol–water partition coefficient (Wildman–Crippen LogP) is -0.163. The van der Waals surface area contributed by atoms with Crippen molar-refractivity contribution in [1.29, 1.82) is 0 Å². The third kappa shape index (κ3) is 2.56. The second kappa shape index (κ2) is 5.26. The SMILES string of the molecule is CCC(N)c1cn(CCN2C(=O)CCC2=O)nn1. The summed E-state index contributed by atoms with van der Waals surface area (Å²) in [7, 11) is 0. The van der Waals surface area contributed by atoms with Crippen LogP contribution in [-0.4, -0.2) is 38.3 Å². The molecule has 0 radical (unpaired) electrons. The summed E-state index contributed by atoms with van der Waals surface area (Å²) in [6.07, 6.45) is 3.20. The molecule has 0 aromatic carbocycles. The van der Waals surface area contributed by atoms with Crippen molar-refractivity contribution in [1.82, 2.24) is 19.9 Å². The van der Waals surface area contributed by atoms with Crippen molar-refractivity contribution in [3.63, 3.8) is 0 Å². The van der Waals surface area contributed by atoms with Crippen molar-refractivity contribution in [3.8, 4) is 0 Å². The Morgan fingerprint density at radius 3 is 2.61 bits per heavy atom. The molecule has 7 heteroatoms. The molecule has 1 aliphatic heterocycles. The van der Waals surface area contributed by atoms with Gasteiger partial charge in [-0.15, -0.1) is 5.10 Å². The molecule has 0 aliphatic carbocycles. The van der Waals surface area contributed by atoms with Gasteiger partial charge in [-0.25, -0.2) is 0 Å². The van der Waals surface area contributed by atoms with E-state index in [9.17, 15) is 9.59 Å². The van der Waals surface area contributed by atoms with Gasteiger partial charge in [0.2, 0.25) is 11.8 Å². The third-order valence-corrected chi connectivity index (χ3v) is 3.08. The number of carbonyl (C=O) groups is 2. The van der Waals surface area contributed by atoms with Crippen LogP contribution in [-0.2, 0) is 16.1 Å². The lowest BCUT2D eigenvalue weighted by Crippen LogP contribution is -2.32. The Morgan fingerprint density at radius 1 is 1.33 bits per heavy atom. The number of hydrogen-bond acceptors (Lipinski definition) is 5. The summed E-state index contributed by atoms with van der Waals surface area (Å²) in [4.78, 5) is 24.1. The van der Waals surface area contributed by atoms with E-state index in [0.29, 0.717) is 25.9 Å². The topological polar surface area (TPSA) is 94.1 Å². The van der Waals surface area contributed by atoms with Gasteiger partial charge in [-0.3, -0.25) is 19.2 Å². The zero-order valence-electron chi connectivity index (χ0n) is 10.4. The van der Waals surface area contributed by atoms with Gasteiger partial charge < -0.3 is 5.73 Å². The molecule has 2 rings (SSSR count). The van der Waals surface area contributed by atoms with Crippen LogP contribution in [0.5, 0.6) is 0 Å². The number of carbonyl (C=O) groups excluding carboxylic acids is 2. The van der Waals surface area contributed by atoms with E-state index in [4.69, 9.17) is 5.73 Å². The fourth-order valence-corrected chi connectivity index (χ4v) is 1.88. The molecule has 7 nitrogen and oxygen atoms in total. The Morgan fingerprint density at radius 2 is 2.00 bits per heavy atom. The van der Waals surface area contributed by atoms with E-state index in [1.54, 1.807) is 10.9 Å². The number of nitrogens with zero attached hydrogens (tertiary/aromatic N) is 4. The van der Waals surface area contributed by atoms with Crippen molar-refractivity contribution in [2.45, 2.75) is 38.8 Å². The molecule has 1 aromatic rings. The van der Waals surface area contributed by atoms with Gasteiger partial charge >= 0.3 is 0 Å². The third-order valence-electron chi connectivity index (χ3n) is 3.08. The maximum absolute atomic E-state index is 11.4. The van der Waals surface area contributed by atoms with E-state index in [0.717, 1.165) is 12.1 Å². The van der Waals surface area contributed by atoms with Gasteiger partial charge in [0.05, 0.1) is 24.5 Å². The molecule has 1 atom stereocenters. The van der Waals surface area contributed by atoms with Crippen molar-refractivity contribution in [2.24, 2.45) is 5.73 Å². The van der Waals surface area contributed by atoms with Gasteiger partial charge in [-0.1, -0.05) is 12.1 Å². The van der Waals surface area contributed by atoms with E-state index in [2.05, 4.69) is 10.3 Å². The molecule has 0 bridgehead atoms. The molecule has 1 fully saturated rings. The number of likely N-dealkylation sites (tertiary alicyclic amines) is 1. The second-order valence-electron chi connectivity index (χ2n) is 4.36. The van der Waals surface area contributed by atoms with Crippen molar-refractivity contribution in [2.75, 3.05) is 6.54 Å². The largest absolute Gasteiger partial charge is 0.323 e. The molecular formula is C11H17N5O2. The smallest absolute Gasteiger partial charge is 0.229 e. The maximum Gasteiger partial charge on any atom is 0.229 e. The highest BCUT2D eigenvalue weighted by atomic mass is 16.2. The van der Waals surface area contributed by atoms with Gasteiger partial charge in [0.15, 0.2) is 0 Å². The lowest BCUT2D eigenvalue weighted by Gasteiger charge is -2.12. The summed E-state index contributed by atoms with van der Waals surface area (Å²) >= 11 is 0. The molecular weight excluding hydrogens is 234 g/mol. The highest BCUT2D eigenvalue weighted by Crippen LogP contribution is 2.12. The Balaban J connectivity index is 1.92. The number of nitrogens with two attached hydrogens (primary N) is 1. The van der Waals surface area contributed by atoms with Crippen molar-refractivity contribution < 1.29 is 9.59 Å². The van der Waals surface area contributed by atoms with Gasteiger partial charge in [-0.2, -0.15) is 0 Å². The van der Waals surface area contributed by atoms with E-state index in [1.165, 1.54) is 4.90 Å². The van der Waals surface area contributed by atoms with Crippen molar-refractivity contribution in [3.05, 3.63) is 11.9 Å². The van der Waals surface area contributed by atoms with Crippen LogP contribution in [0, 0.1) is 0 Å².